The van der Waals surface area contributed by atoms with E-state index in [2.05, 4.69) is 41.0 Å². The van der Waals surface area contributed by atoms with Crippen molar-refractivity contribution >= 4 is 17.5 Å². The van der Waals surface area contributed by atoms with Crippen molar-refractivity contribution in [3.63, 3.8) is 0 Å². The first kappa shape index (κ1) is 25.4. The molecule has 2 aromatic carbocycles. The summed E-state index contributed by atoms with van der Waals surface area (Å²) in [4.78, 5) is 40.7. The fourth-order valence-corrected chi connectivity index (χ4v) is 4.96. The molecule has 1 unspecified atom stereocenters. The van der Waals surface area contributed by atoms with Crippen LogP contribution in [0.25, 0.3) is 0 Å². The fourth-order valence-electron chi connectivity index (χ4n) is 4.96. The quantitative estimate of drug-likeness (QED) is 0.346. The molecule has 0 bridgehead atoms. The van der Waals surface area contributed by atoms with Gasteiger partial charge in [0, 0.05) is 36.3 Å². The van der Waals surface area contributed by atoms with Crippen LogP contribution in [0.5, 0.6) is 0 Å². The minimum absolute atomic E-state index is 0.0770. The number of hydrogen-bond donors (Lipinski definition) is 3. The molecule has 2 amide bonds. The van der Waals surface area contributed by atoms with E-state index >= 15 is 0 Å². The van der Waals surface area contributed by atoms with Crippen LogP contribution >= 0.6 is 0 Å². The number of pyridine rings is 1. The van der Waals surface area contributed by atoms with Gasteiger partial charge >= 0.3 is 0 Å². The topological polar surface area (TPSA) is 111 Å². The number of imidazole rings is 1. The lowest BCUT2D eigenvalue weighted by molar-refractivity contribution is -0.123. The molecule has 2 aromatic heterocycles. The standard InChI is InChI=1S/C30H31N5O3/c1-30(2,3)20-10-12-21(13-11-20)35(29(38)25-17-32-18-33-25)27(19-7-6-14-31-16-19)28(37)34-24-15-26(36)23-9-5-4-8-22(23)24/h4-14,16-18,24,26-27,36H,15H2,1-3H3,(H,32,33)(H,34,37)/t24-,26-,27?/m0/s1. The van der Waals surface area contributed by atoms with E-state index in [0.717, 1.165) is 16.7 Å². The van der Waals surface area contributed by atoms with Gasteiger partial charge in [-0.1, -0.05) is 63.2 Å². The lowest BCUT2D eigenvalue weighted by Crippen LogP contribution is -2.45. The Bertz CT molecular complexity index is 1410. The van der Waals surface area contributed by atoms with E-state index in [1.807, 2.05) is 48.5 Å². The van der Waals surface area contributed by atoms with E-state index in [4.69, 9.17) is 0 Å². The average molecular weight is 510 g/mol. The van der Waals surface area contributed by atoms with Gasteiger partial charge in [-0.05, 0) is 40.3 Å². The summed E-state index contributed by atoms with van der Waals surface area (Å²) in [7, 11) is 0. The average Bonchev–Trinajstić information content (AvgIpc) is 3.56. The van der Waals surface area contributed by atoms with Gasteiger partial charge in [0.2, 0.25) is 5.91 Å². The zero-order valence-electron chi connectivity index (χ0n) is 21.6. The first-order chi connectivity index (χ1) is 18.2. The van der Waals surface area contributed by atoms with Gasteiger partial charge in [0.05, 0.1) is 18.5 Å². The molecule has 5 rings (SSSR count). The van der Waals surface area contributed by atoms with Crippen LogP contribution in [0.15, 0.2) is 85.6 Å². The maximum atomic E-state index is 14.1. The number of aromatic amines is 1. The van der Waals surface area contributed by atoms with E-state index in [-0.39, 0.29) is 17.0 Å². The highest BCUT2D eigenvalue weighted by Crippen LogP contribution is 2.39. The Balaban J connectivity index is 1.58. The molecule has 0 fully saturated rings. The molecule has 0 saturated heterocycles. The van der Waals surface area contributed by atoms with E-state index in [0.29, 0.717) is 17.7 Å². The highest BCUT2D eigenvalue weighted by atomic mass is 16.3. The Kier molecular flexibility index (Phi) is 6.82. The molecule has 8 heteroatoms. The molecule has 38 heavy (non-hydrogen) atoms. The third-order valence-corrected chi connectivity index (χ3v) is 6.96. The van der Waals surface area contributed by atoms with Crippen molar-refractivity contribution in [1.82, 2.24) is 20.3 Å². The van der Waals surface area contributed by atoms with Gasteiger partial charge in [0.15, 0.2) is 0 Å². The Morgan fingerprint density at radius 3 is 2.42 bits per heavy atom. The zero-order valence-corrected chi connectivity index (χ0v) is 21.6. The van der Waals surface area contributed by atoms with E-state index in [1.54, 1.807) is 24.5 Å². The number of aliphatic hydroxyl groups is 1. The maximum absolute atomic E-state index is 14.1. The summed E-state index contributed by atoms with van der Waals surface area (Å²) in [6.45, 7) is 6.36. The molecule has 0 spiro atoms. The molecule has 3 atom stereocenters. The summed E-state index contributed by atoms with van der Waals surface area (Å²) >= 11 is 0. The number of aromatic nitrogens is 3. The van der Waals surface area contributed by atoms with Crippen molar-refractivity contribution in [1.29, 1.82) is 0 Å². The molecule has 3 N–H and O–H groups in total. The van der Waals surface area contributed by atoms with E-state index in [9.17, 15) is 14.7 Å². The number of nitrogens with zero attached hydrogens (tertiary/aromatic N) is 3. The number of hydrogen-bond acceptors (Lipinski definition) is 5. The smallest absolute Gasteiger partial charge is 0.279 e. The Morgan fingerprint density at radius 2 is 1.79 bits per heavy atom. The summed E-state index contributed by atoms with van der Waals surface area (Å²) in [6, 6.07) is 17.3. The molecule has 2 heterocycles. The normalized spacial score (nSPS) is 17.5. The minimum atomic E-state index is -1.03. The molecular formula is C30H31N5O3. The summed E-state index contributed by atoms with van der Waals surface area (Å²) in [5.41, 5.74) is 4.01. The predicted molar refractivity (Wildman–Crippen MR) is 144 cm³/mol. The summed E-state index contributed by atoms with van der Waals surface area (Å²) < 4.78 is 0. The van der Waals surface area contributed by atoms with Gasteiger partial charge in [-0.25, -0.2) is 4.98 Å². The van der Waals surface area contributed by atoms with Gasteiger partial charge in [0.1, 0.15) is 11.7 Å². The molecular weight excluding hydrogens is 478 g/mol. The number of fused-ring (bicyclic) bond motifs is 1. The van der Waals surface area contributed by atoms with Gasteiger partial charge < -0.3 is 15.4 Å². The number of carbonyl (C=O) groups is 2. The summed E-state index contributed by atoms with van der Waals surface area (Å²) in [5.74, 6) is -0.804. The monoisotopic (exact) mass is 509 g/mol. The number of anilines is 1. The Hall–Kier alpha value is -4.30. The van der Waals surface area contributed by atoms with Crippen LogP contribution in [0.4, 0.5) is 5.69 Å². The van der Waals surface area contributed by atoms with Crippen LogP contribution in [-0.2, 0) is 10.2 Å². The second-order valence-corrected chi connectivity index (χ2v) is 10.6. The van der Waals surface area contributed by atoms with Crippen LogP contribution in [0.3, 0.4) is 0 Å². The predicted octanol–water partition coefficient (Wildman–Crippen LogP) is 4.78. The summed E-state index contributed by atoms with van der Waals surface area (Å²) in [6.07, 6.45) is 5.86. The second-order valence-electron chi connectivity index (χ2n) is 10.6. The lowest BCUT2D eigenvalue weighted by atomic mass is 9.87. The molecule has 1 aliphatic rings. The number of nitrogens with one attached hydrogen (secondary N) is 2. The maximum Gasteiger partial charge on any atom is 0.279 e. The fraction of sp³-hybridized carbons (Fsp3) is 0.267. The minimum Gasteiger partial charge on any atom is -0.388 e. The van der Waals surface area contributed by atoms with Crippen LogP contribution < -0.4 is 10.2 Å². The first-order valence-corrected chi connectivity index (χ1v) is 12.6. The van der Waals surface area contributed by atoms with Crippen LogP contribution in [-0.4, -0.2) is 31.9 Å². The number of rotatable bonds is 6. The number of carbonyl (C=O) groups excluding carboxylic acids is 2. The zero-order chi connectivity index (χ0) is 26.9. The molecule has 0 saturated carbocycles. The van der Waals surface area contributed by atoms with E-state index < -0.39 is 24.1 Å². The number of aliphatic hydroxyl groups excluding tert-OH is 1. The third kappa shape index (κ3) is 4.95. The van der Waals surface area contributed by atoms with Crippen LogP contribution in [0.2, 0.25) is 0 Å². The van der Waals surface area contributed by atoms with Crippen LogP contribution in [0.1, 0.15) is 78.1 Å². The van der Waals surface area contributed by atoms with Crippen molar-refractivity contribution in [2.75, 3.05) is 4.90 Å². The molecule has 194 valence electrons. The van der Waals surface area contributed by atoms with Gasteiger partial charge in [-0.15, -0.1) is 0 Å². The first-order valence-electron chi connectivity index (χ1n) is 12.6. The van der Waals surface area contributed by atoms with Gasteiger partial charge in [-0.2, -0.15) is 0 Å². The lowest BCUT2D eigenvalue weighted by Gasteiger charge is -2.32. The van der Waals surface area contributed by atoms with Crippen molar-refractivity contribution in [3.8, 4) is 0 Å². The van der Waals surface area contributed by atoms with Gasteiger partial charge in [0.25, 0.3) is 5.91 Å². The van der Waals surface area contributed by atoms with Gasteiger partial charge in [-0.3, -0.25) is 19.5 Å². The Labute approximate surface area is 221 Å². The molecule has 1 aliphatic carbocycles. The van der Waals surface area contributed by atoms with Crippen molar-refractivity contribution < 1.29 is 14.7 Å². The second kappa shape index (κ2) is 10.2. The van der Waals surface area contributed by atoms with Crippen LogP contribution in [0, 0.1) is 0 Å². The number of H-pyrrole nitrogens is 1. The number of amides is 2. The highest BCUT2D eigenvalue weighted by Gasteiger charge is 2.38. The molecule has 8 nitrogen and oxygen atoms in total. The number of benzene rings is 2. The molecule has 4 aromatic rings. The Morgan fingerprint density at radius 1 is 1.05 bits per heavy atom. The SMILES string of the molecule is CC(C)(C)c1ccc(N(C(=O)c2c[nH]cn2)C(C(=O)N[C@H]2C[C@H](O)c3ccccc32)c2cccnc2)cc1. The third-order valence-electron chi connectivity index (χ3n) is 6.96. The molecule has 0 radical (unpaired) electrons. The molecule has 0 aliphatic heterocycles. The van der Waals surface area contributed by atoms with Crippen molar-refractivity contribution in [3.05, 3.63) is 114 Å². The highest BCUT2D eigenvalue weighted by molar-refractivity contribution is 6.09. The van der Waals surface area contributed by atoms with Crippen molar-refractivity contribution in [2.24, 2.45) is 0 Å². The summed E-state index contributed by atoms with van der Waals surface area (Å²) in [5, 5.41) is 13.7. The largest absolute Gasteiger partial charge is 0.388 e. The van der Waals surface area contributed by atoms with E-state index in [1.165, 1.54) is 17.4 Å². The van der Waals surface area contributed by atoms with Crippen molar-refractivity contribution in [2.45, 2.75) is 50.8 Å².